The third-order valence-corrected chi connectivity index (χ3v) is 10.5. The summed E-state index contributed by atoms with van der Waals surface area (Å²) in [5.74, 6) is 0.520. The van der Waals surface area contributed by atoms with Crippen molar-refractivity contribution < 1.29 is 19.1 Å². The summed E-state index contributed by atoms with van der Waals surface area (Å²) in [5.41, 5.74) is 3.26. The number of carbonyl (C=O) groups excluding carboxylic acids is 2. The molecular formula is C39H55N3O4S. The van der Waals surface area contributed by atoms with E-state index in [-0.39, 0.29) is 11.9 Å². The van der Waals surface area contributed by atoms with Gasteiger partial charge in [0.25, 0.3) is 0 Å². The fourth-order valence-corrected chi connectivity index (χ4v) is 7.75. The number of anilines is 2. The Morgan fingerprint density at radius 1 is 0.851 bits per heavy atom. The fraction of sp³-hybridized carbons (Fsp3) is 0.590. The number of ether oxygens (including phenoxy) is 2. The minimum Gasteiger partial charge on any atom is -0.494 e. The normalized spacial score (nSPS) is 16.0. The standard InChI is InChI=1S/C39H55N3O4S/c1-3-4-5-6-7-8-9-10-11-17-39(44)46-31(2)42-36-30-33(20-18-32(36)19-21-38(42)43)45-28-13-12-23-40-24-26-41(27-25-40)35-15-14-16-37-34(35)22-29-47-37/h14-16,18,20,22,29-31H,3-13,17,19,21,23-28H2,1-2H3. The molecule has 2 aliphatic heterocycles. The Morgan fingerprint density at radius 3 is 2.40 bits per heavy atom. The van der Waals surface area contributed by atoms with E-state index in [1.807, 2.05) is 23.5 Å². The van der Waals surface area contributed by atoms with Gasteiger partial charge < -0.3 is 14.4 Å². The molecule has 7 nitrogen and oxygen atoms in total. The van der Waals surface area contributed by atoms with Crippen LogP contribution in [0.5, 0.6) is 5.75 Å². The summed E-state index contributed by atoms with van der Waals surface area (Å²) in [6.07, 6.45) is 13.8. The average Bonchev–Trinajstić information content (AvgIpc) is 3.57. The maximum Gasteiger partial charge on any atom is 0.307 e. The fourth-order valence-electron chi connectivity index (χ4n) is 6.94. The number of esters is 1. The molecule has 8 heteroatoms. The van der Waals surface area contributed by atoms with Crippen LogP contribution in [0.3, 0.4) is 0 Å². The van der Waals surface area contributed by atoms with Gasteiger partial charge in [-0.05, 0) is 74.4 Å². The highest BCUT2D eigenvalue weighted by Crippen LogP contribution is 2.34. The molecule has 256 valence electrons. The molecule has 47 heavy (non-hydrogen) atoms. The number of hydrogen-bond acceptors (Lipinski definition) is 7. The first kappa shape index (κ1) is 35.2. The van der Waals surface area contributed by atoms with Crippen LogP contribution in [0.4, 0.5) is 11.4 Å². The van der Waals surface area contributed by atoms with Crippen LogP contribution in [-0.2, 0) is 20.7 Å². The summed E-state index contributed by atoms with van der Waals surface area (Å²) in [5, 5.41) is 3.56. The van der Waals surface area contributed by atoms with E-state index in [1.165, 1.54) is 60.7 Å². The predicted molar refractivity (Wildman–Crippen MR) is 195 cm³/mol. The highest BCUT2D eigenvalue weighted by Gasteiger charge is 2.30. The maximum absolute atomic E-state index is 13.0. The Bertz CT molecular complexity index is 1420. The van der Waals surface area contributed by atoms with Crippen molar-refractivity contribution in [1.29, 1.82) is 0 Å². The molecular weight excluding hydrogens is 607 g/mol. The number of piperazine rings is 1. The molecule has 0 spiro atoms. The molecule has 0 aliphatic carbocycles. The third-order valence-electron chi connectivity index (χ3n) is 9.67. The van der Waals surface area contributed by atoms with E-state index in [4.69, 9.17) is 9.47 Å². The van der Waals surface area contributed by atoms with E-state index >= 15 is 0 Å². The van der Waals surface area contributed by atoms with Gasteiger partial charge in [0, 0.05) is 60.9 Å². The summed E-state index contributed by atoms with van der Waals surface area (Å²) in [4.78, 5) is 32.4. The predicted octanol–water partition coefficient (Wildman–Crippen LogP) is 8.97. The van der Waals surface area contributed by atoms with Crippen LogP contribution in [-0.4, -0.2) is 62.3 Å². The number of thiophene rings is 1. The Kier molecular flexibility index (Phi) is 13.8. The highest BCUT2D eigenvalue weighted by molar-refractivity contribution is 7.17. The van der Waals surface area contributed by atoms with Crippen molar-refractivity contribution in [3.63, 3.8) is 0 Å². The number of hydrogen-bond donors (Lipinski definition) is 0. The number of unbranched alkanes of at least 4 members (excludes halogenated alkanes) is 9. The van der Waals surface area contributed by atoms with Crippen LogP contribution in [0.25, 0.3) is 10.1 Å². The van der Waals surface area contributed by atoms with Crippen molar-refractivity contribution in [2.75, 3.05) is 49.1 Å². The van der Waals surface area contributed by atoms with Crippen molar-refractivity contribution in [3.8, 4) is 5.75 Å². The molecule has 3 aromatic rings. The van der Waals surface area contributed by atoms with Gasteiger partial charge >= 0.3 is 5.97 Å². The molecule has 1 amide bonds. The lowest BCUT2D eigenvalue weighted by Gasteiger charge is -2.36. The van der Waals surface area contributed by atoms with E-state index in [2.05, 4.69) is 52.4 Å². The van der Waals surface area contributed by atoms with Gasteiger partial charge in [0.15, 0.2) is 6.23 Å². The molecule has 1 aromatic heterocycles. The number of nitrogens with zero attached hydrogens (tertiary/aromatic N) is 3. The number of fused-ring (bicyclic) bond motifs is 2. The number of amides is 1. The number of rotatable bonds is 19. The Balaban J connectivity index is 1.00. The molecule has 5 rings (SSSR count). The summed E-state index contributed by atoms with van der Waals surface area (Å²) >= 11 is 1.81. The topological polar surface area (TPSA) is 62.3 Å². The smallest absolute Gasteiger partial charge is 0.307 e. The van der Waals surface area contributed by atoms with E-state index in [9.17, 15) is 9.59 Å². The molecule has 0 N–H and O–H groups in total. The molecule has 0 saturated carbocycles. The van der Waals surface area contributed by atoms with Crippen LogP contribution < -0.4 is 14.5 Å². The van der Waals surface area contributed by atoms with Crippen LogP contribution in [0.1, 0.15) is 103 Å². The van der Waals surface area contributed by atoms with E-state index in [0.717, 1.165) is 75.4 Å². The lowest BCUT2D eigenvalue weighted by atomic mass is 10.0. The SMILES string of the molecule is CCCCCCCCCCCC(=O)OC(C)N1C(=O)CCc2ccc(OCCCCN3CCN(c4cccc5sccc45)CC3)cc21. The second-order valence-corrected chi connectivity index (χ2v) is 14.2. The number of aryl methyl sites for hydroxylation is 1. The molecule has 1 saturated heterocycles. The summed E-state index contributed by atoms with van der Waals surface area (Å²) in [6, 6.07) is 14.9. The van der Waals surface area contributed by atoms with Gasteiger partial charge in [0.2, 0.25) is 5.91 Å². The highest BCUT2D eigenvalue weighted by atomic mass is 32.1. The largest absolute Gasteiger partial charge is 0.494 e. The Morgan fingerprint density at radius 2 is 1.62 bits per heavy atom. The monoisotopic (exact) mass is 661 g/mol. The van der Waals surface area contributed by atoms with E-state index in [1.54, 1.807) is 11.8 Å². The van der Waals surface area contributed by atoms with Gasteiger partial charge in [-0.3, -0.25) is 19.4 Å². The molecule has 1 unspecified atom stereocenters. The zero-order chi connectivity index (χ0) is 32.8. The maximum atomic E-state index is 13.0. The zero-order valence-corrected chi connectivity index (χ0v) is 29.5. The molecule has 3 heterocycles. The average molecular weight is 662 g/mol. The van der Waals surface area contributed by atoms with E-state index < -0.39 is 6.23 Å². The number of benzene rings is 2. The van der Waals surface area contributed by atoms with Crippen molar-refractivity contribution >= 4 is 44.7 Å². The second kappa shape index (κ2) is 18.4. The Hall–Kier alpha value is -3.10. The molecule has 1 fully saturated rings. The van der Waals surface area contributed by atoms with E-state index in [0.29, 0.717) is 25.9 Å². The quantitative estimate of drug-likeness (QED) is 0.0944. The van der Waals surface area contributed by atoms with Gasteiger partial charge in [-0.1, -0.05) is 70.4 Å². The molecule has 0 radical (unpaired) electrons. The van der Waals surface area contributed by atoms with Gasteiger partial charge in [-0.25, -0.2) is 0 Å². The van der Waals surface area contributed by atoms with Gasteiger partial charge in [-0.15, -0.1) is 11.3 Å². The van der Waals surface area contributed by atoms with Crippen molar-refractivity contribution in [2.45, 2.75) is 110 Å². The lowest BCUT2D eigenvalue weighted by Crippen LogP contribution is -2.46. The van der Waals surface area contributed by atoms with Crippen molar-refractivity contribution in [1.82, 2.24) is 4.90 Å². The molecule has 2 aliphatic rings. The van der Waals surface area contributed by atoms with Gasteiger partial charge in [0.1, 0.15) is 5.75 Å². The van der Waals surface area contributed by atoms with Crippen LogP contribution in [0.2, 0.25) is 0 Å². The molecule has 0 bridgehead atoms. The molecule has 1 atom stereocenters. The van der Waals surface area contributed by atoms with Crippen LogP contribution in [0.15, 0.2) is 47.8 Å². The first-order valence-electron chi connectivity index (χ1n) is 18.2. The van der Waals surface area contributed by atoms with Gasteiger partial charge in [-0.2, -0.15) is 0 Å². The van der Waals surface area contributed by atoms with Crippen molar-refractivity contribution in [2.24, 2.45) is 0 Å². The Labute approximate surface area is 286 Å². The summed E-state index contributed by atoms with van der Waals surface area (Å²) in [6.45, 7) is 10.0. The van der Waals surface area contributed by atoms with Crippen LogP contribution >= 0.6 is 11.3 Å². The summed E-state index contributed by atoms with van der Waals surface area (Å²) in [7, 11) is 0. The number of carbonyl (C=O) groups is 2. The molecule has 2 aromatic carbocycles. The first-order valence-corrected chi connectivity index (χ1v) is 19.1. The zero-order valence-electron chi connectivity index (χ0n) is 28.7. The minimum atomic E-state index is -0.638. The van der Waals surface area contributed by atoms with Gasteiger partial charge in [0.05, 0.1) is 12.3 Å². The minimum absolute atomic E-state index is 0.00914. The van der Waals surface area contributed by atoms with Crippen LogP contribution in [0, 0.1) is 0 Å². The lowest BCUT2D eigenvalue weighted by molar-refractivity contribution is -0.149. The second-order valence-electron chi connectivity index (χ2n) is 13.2. The summed E-state index contributed by atoms with van der Waals surface area (Å²) < 4.78 is 13.3. The third kappa shape index (κ3) is 10.2. The first-order chi connectivity index (χ1) is 23.0. The van der Waals surface area contributed by atoms with Crippen molar-refractivity contribution in [3.05, 3.63) is 53.4 Å².